The summed E-state index contributed by atoms with van der Waals surface area (Å²) >= 11 is 0. The van der Waals surface area contributed by atoms with Crippen molar-refractivity contribution in [2.45, 2.75) is 24.4 Å². The van der Waals surface area contributed by atoms with Gasteiger partial charge in [0.25, 0.3) is 0 Å². The van der Waals surface area contributed by atoms with Crippen LogP contribution in [0.4, 0.5) is 0 Å². The van der Waals surface area contributed by atoms with Crippen molar-refractivity contribution in [1.29, 1.82) is 0 Å². The second kappa shape index (κ2) is 3.46. The maximum atomic E-state index is 9.11. The molecule has 0 aromatic carbocycles. The van der Waals surface area contributed by atoms with E-state index in [-0.39, 0.29) is 13.2 Å². The summed E-state index contributed by atoms with van der Waals surface area (Å²) in [5.41, 5.74) is 0. The molecule has 11 heavy (non-hydrogen) atoms. The van der Waals surface area contributed by atoms with E-state index >= 15 is 0 Å². The second-order valence-corrected chi connectivity index (χ2v) is 2.56. The van der Waals surface area contributed by atoms with Crippen LogP contribution in [0.3, 0.4) is 0 Å². The SMILES string of the molecule is OCC1OC(CO)C(O)C1O. The highest BCUT2D eigenvalue weighted by Gasteiger charge is 2.41. The van der Waals surface area contributed by atoms with E-state index in [1.165, 1.54) is 0 Å². The molecule has 0 aromatic heterocycles. The maximum absolute atomic E-state index is 9.11. The lowest BCUT2D eigenvalue weighted by Gasteiger charge is -2.10. The molecule has 0 bridgehead atoms. The molecule has 1 fully saturated rings. The monoisotopic (exact) mass is 164 g/mol. The molecule has 0 aliphatic carbocycles. The van der Waals surface area contributed by atoms with Gasteiger partial charge in [0.05, 0.1) is 13.2 Å². The van der Waals surface area contributed by atoms with Gasteiger partial charge in [-0.15, -0.1) is 0 Å². The fourth-order valence-corrected chi connectivity index (χ4v) is 1.13. The molecule has 1 saturated heterocycles. The van der Waals surface area contributed by atoms with E-state index in [0.717, 1.165) is 0 Å². The number of aliphatic hydroxyl groups is 4. The topological polar surface area (TPSA) is 90.2 Å². The lowest BCUT2D eigenvalue weighted by atomic mass is 10.1. The van der Waals surface area contributed by atoms with Crippen LogP contribution in [0, 0.1) is 0 Å². The van der Waals surface area contributed by atoms with E-state index < -0.39 is 24.4 Å². The largest absolute Gasteiger partial charge is 0.394 e. The molecule has 0 amide bonds. The first-order valence-corrected chi connectivity index (χ1v) is 3.44. The number of hydrogen-bond acceptors (Lipinski definition) is 5. The van der Waals surface area contributed by atoms with Crippen LogP contribution in [-0.2, 0) is 4.74 Å². The van der Waals surface area contributed by atoms with Gasteiger partial charge >= 0.3 is 0 Å². The molecule has 0 spiro atoms. The molecule has 1 aliphatic rings. The molecule has 1 rings (SSSR count). The first-order valence-electron chi connectivity index (χ1n) is 3.44. The van der Waals surface area contributed by atoms with Crippen LogP contribution in [0.2, 0.25) is 0 Å². The van der Waals surface area contributed by atoms with Crippen LogP contribution in [-0.4, -0.2) is 58.1 Å². The van der Waals surface area contributed by atoms with Crippen LogP contribution in [0.1, 0.15) is 0 Å². The predicted octanol–water partition coefficient (Wildman–Crippen LogP) is -2.54. The van der Waals surface area contributed by atoms with E-state index in [4.69, 9.17) is 25.2 Å². The molecule has 4 unspecified atom stereocenters. The number of hydrogen-bond donors (Lipinski definition) is 4. The third-order valence-electron chi connectivity index (χ3n) is 1.82. The zero-order chi connectivity index (χ0) is 8.43. The quantitative estimate of drug-likeness (QED) is 0.361. The average molecular weight is 164 g/mol. The fraction of sp³-hybridized carbons (Fsp3) is 1.00. The molecule has 4 atom stereocenters. The Kier molecular flexibility index (Phi) is 2.80. The molecule has 0 saturated carbocycles. The first-order chi connectivity index (χ1) is 5.20. The fourth-order valence-electron chi connectivity index (χ4n) is 1.13. The zero-order valence-electron chi connectivity index (χ0n) is 5.92. The van der Waals surface area contributed by atoms with E-state index in [1.807, 2.05) is 0 Å². The van der Waals surface area contributed by atoms with E-state index in [1.54, 1.807) is 0 Å². The Morgan fingerprint density at radius 1 is 0.909 bits per heavy atom. The van der Waals surface area contributed by atoms with Crippen molar-refractivity contribution in [3.05, 3.63) is 0 Å². The minimum Gasteiger partial charge on any atom is -0.394 e. The van der Waals surface area contributed by atoms with Gasteiger partial charge in [-0.1, -0.05) is 0 Å². The summed E-state index contributed by atoms with van der Waals surface area (Å²) in [5.74, 6) is 0. The molecule has 0 aromatic rings. The van der Waals surface area contributed by atoms with Crippen molar-refractivity contribution in [3.63, 3.8) is 0 Å². The smallest absolute Gasteiger partial charge is 0.111 e. The molecule has 5 nitrogen and oxygen atoms in total. The Labute approximate surface area is 63.8 Å². The van der Waals surface area contributed by atoms with Crippen LogP contribution in [0.25, 0.3) is 0 Å². The van der Waals surface area contributed by atoms with Crippen molar-refractivity contribution in [3.8, 4) is 0 Å². The van der Waals surface area contributed by atoms with Crippen molar-refractivity contribution in [1.82, 2.24) is 0 Å². The Morgan fingerprint density at radius 3 is 1.45 bits per heavy atom. The summed E-state index contributed by atoms with van der Waals surface area (Å²) in [4.78, 5) is 0. The van der Waals surface area contributed by atoms with Gasteiger partial charge in [0.2, 0.25) is 0 Å². The Morgan fingerprint density at radius 2 is 1.27 bits per heavy atom. The van der Waals surface area contributed by atoms with Gasteiger partial charge in [-0.25, -0.2) is 0 Å². The number of rotatable bonds is 2. The van der Waals surface area contributed by atoms with Gasteiger partial charge in [-0.05, 0) is 0 Å². The highest BCUT2D eigenvalue weighted by Crippen LogP contribution is 2.20. The molecule has 5 heteroatoms. The number of aliphatic hydroxyl groups excluding tert-OH is 4. The van der Waals surface area contributed by atoms with E-state index in [9.17, 15) is 0 Å². The summed E-state index contributed by atoms with van der Waals surface area (Å²) in [6, 6.07) is 0. The van der Waals surface area contributed by atoms with Crippen molar-refractivity contribution < 1.29 is 25.2 Å². The molecule has 0 radical (unpaired) electrons. The van der Waals surface area contributed by atoms with Crippen LogP contribution >= 0.6 is 0 Å². The van der Waals surface area contributed by atoms with Crippen LogP contribution < -0.4 is 0 Å². The zero-order valence-corrected chi connectivity index (χ0v) is 5.92. The van der Waals surface area contributed by atoms with Gasteiger partial charge < -0.3 is 25.2 Å². The maximum Gasteiger partial charge on any atom is 0.111 e. The Balaban J connectivity index is 2.53. The lowest BCUT2D eigenvalue weighted by Crippen LogP contribution is -2.34. The summed E-state index contributed by atoms with van der Waals surface area (Å²) in [5, 5.41) is 35.4. The molecule has 1 heterocycles. The summed E-state index contributed by atoms with van der Waals surface area (Å²) in [6.07, 6.45) is -3.75. The molecular formula is C6H12O5. The molecule has 4 N–H and O–H groups in total. The second-order valence-electron chi connectivity index (χ2n) is 2.56. The van der Waals surface area contributed by atoms with Crippen LogP contribution in [0.15, 0.2) is 0 Å². The lowest BCUT2D eigenvalue weighted by molar-refractivity contribution is -0.0395. The van der Waals surface area contributed by atoms with E-state index in [2.05, 4.69) is 0 Å². The van der Waals surface area contributed by atoms with Crippen molar-refractivity contribution in [2.75, 3.05) is 13.2 Å². The predicted molar refractivity (Wildman–Crippen MR) is 34.8 cm³/mol. The highest BCUT2D eigenvalue weighted by atomic mass is 16.6. The first kappa shape index (κ1) is 8.89. The van der Waals surface area contributed by atoms with E-state index in [0.29, 0.717) is 0 Å². The Hall–Kier alpha value is -0.200. The molecule has 66 valence electrons. The third-order valence-corrected chi connectivity index (χ3v) is 1.82. The average Bonchev–Trinajstić information content (AvgIpc) is 2.30. The standard InChI is InChI=1S/C6H12O5/c7-1-3-5(9)6(10)4(2-8)11-3/h3-10H,1-2H2. The summed E-state index contributed by atoms with van der Waals surface area (Å²) in [6.45, 7) is -0.705. The summed E-state index contributed by atoms with van der Waals surface area (Å²) in [7, 11) is 0. The van der Waals surface area contributed by atoms with Gasteiger partial charge in [-0.3, -0.25) is 0 Å². The van der Waals surface area contributed by atoms with Gasteiger partial charge in [0.15, 0.2) is 0 Å². The minimum atomic E-state index is -1.10. The van der Waals surface area contributed by atoms with Gasteiger partial charge in [0.1, 0.15) is 24.4 Å². The minimum absolute atomic E-state index is 0.352. The van der Waals surface area contributed by atoms with Crippen LogP contribution in [0.5, 0.6) is 0 Å². The Bertz CT molecular complexity index is 110. The van der Waals surface area contributed by atoms with Gasteiger partial charge in [-0.2, -0.15) is 0 Å². The molecular weight excluding hydrogens is 152 g/mol. The molecule has 1 aliphatic heterocycles. The normalized spacial score (nSPS) is 44.7. The van der Waals surface area contributed by atoms with Crippen molar-refractivity contribution in [2.24, 2.45) is 0 Å². The van der Waals surface area contributed by atoms with Gasteiger partial charge in [0, 0.05) is 0 Å². The van der Waals surface area contributed by atoms with Crippen molar-refractivity contribution >= 4 is 0 Å². The third kappa shape index (κ3) is 1.52. The number of ether oxygens (including phenoxy) is 1. The highest BCUT2D eigenvalue weighted by molar-refractivity contribution is 4.89. The summed E-state index contributed by atoms with van der Waals surface area (Å²) < 4.78 is 4.88.